The number of nitrogens with zero attached hydrogens (tertiary/aromatic N) is 4. The molecular formula is C33H53N5O6S. The van der Waals surface area contributed by atoms with Crippen molar-refractivity contribution in [1.82, 2.24) is 25.0 Å². The van der Waals surface area contributed by atoms with E-state index in [2.05, 4.69) is 15.2 Å². The number of Topliss-reactive ketones (excluding diaryl/α,β-unsaturated/α-hetero) is 1. The highest BCUT2D eigenvalue weighted by molar-refractivity contribution is 7.09. The zero-order valence-corrected chi connectivity index (χ0v) is 29.2. The molecule has 12 heteroatoms. The van der Waals surface area contributed by atoms with E-state index in [4.69, 9.17) is 4.74 Å². The number of rotatable bonds is 16. The van der Waals surface area contributed by atoms with Crippen molar-refractivity contribution in [3.63, 3.8) is 0 Å². The SMILES string of the molecule is CC[C@H](C)[C@H](CC(=O)[C@@]1(C)CCCN1C)C(=O)N(C)[C@H](C[C@@H](OC(C)=O)c1nc(C(=O)NCCN2CCCC2=O)cs1)C(C)C. The van der Waals surface area contributed by atoms with E-state index in [9.17, 15) is 24.0 Å². The topological polar surface area (TPSA) is 129 Å². The number of likely N-dealkylation sites (N-methyl/N-ethyl adjacent to an activating group) is 1. The molecule has 1 aromatic rings. The molecule has 0 unspecified atom stereocenters. The number of thiazole rings is 1. The number of ketones is 1. The van der Waals surface area contributed by atoms with E-state index in [-0.39, 0.29) is 53.5 Å². The van der Waals surface area contributed by atoms with Crippen LogP contribution in [0.4, 0.5) is 0 Å². The van der Waals surface area contributed by atoms with Gasteiger partial charge in [-0.2, -0.15) is 0 Å². The second-order valence-corrected chi connectivity index (χ2v) is 14.2. The molecule has 5 atom stereocenters. The molecule has 1 aromatic heterocycles. The molecule has 2 aliphatic rings. The first-order valence-electron chi connectivity index (χ1n) is 16.4. The Bertz CT molecular complexity index is 1220. The van der Waals surface area contributed by atoms with Gasteiger partial charge in [-0.15, -0.1) is 11.3 Å². The van der Waals surface area contributed by atoms with Crippen LogP contribution in [-0.4, -0.2) is 101 Å². The lowest BCUT2D eigenvalue weighted by molar-refractivity contribution is -0.149. The van der Waals surface area contributed by atoms with Crippen LogP contribution in [-0.2, 0) is 23.9 Å². The molecule has 2 aliphatic heterocycles. The molecule has 0 spiro atoms. The van der Waals surface area contributed by atoms with Gasteiger partial charge in [0.15, 0.2) is 11.9 Å². The van der Waals surface area contributed by atoms with E-state index in [0.29, 0.717) is 37.5 Å². The van der Waals surface area contributed by atoms with Gasteiger partial charge in [-0.1, -0.05) is 34.1 Å². The number of hydrogen-bond donors (Lipinski definition) is 1. The third-order valence-electron chi connectivity index (χ3n) is 9.90. The van der Waals surface area contributed by atoms with Crippen molar-refractivity contribution in [3.05, 3.63) is 16.1 Å². The van der Waals surface area contributed by atoms with Crippen molar-refractivity contribution < 1.29 is 28.7 Å². The Hall–Kier alpha value is -2.86. The Morgan fingerprint density at radius 2 is 1.89 bits per heavy atom. The summed E-state index contributed by atoms with van der Waals surface area (Å²) < 4.78 is 5.72. The summed E-state index contributed by atoms with van der Waals surface area (Å²) in [5.74, 6) is -1.15. The lowest BCUT2D eigenvalue weighted by Gasteiger charge is -2.38. The van der Waals surface area contributed by atoms with Crippen LogP contribution in [0.2, 0.25) is 0 Å². The molecular weight excluding hydrogens is 594 g/mol. The molecule has 0 saturated carbocycles. The van der Waals surface area contributed by atoms with E-state index in [1.54, 1.807) is 22.2 Å². The van der Waals surface area contributed by atoms with Crippen molar-refractivity contribution >= 4 is 40.8 Å². The van der Waals surface area contributed by atoms with Crippen LogP contribution in [0.5, 0.6) is 0 Å². The number of carbonyl (C=O) groups excluding carboxylic acids is 5. The average Bonchev–Trinajstić information content (AvgIpc) is 3.73. The molecule has 1 N–H and O–H groups in total. The third kappa shape index (κ3) is 9.12. The number of hydrogen-bond acceptors (Lipinski definition) is 9. The first-order chi connectivity index (χ1) is 21.2. The summed E-state index contributed by atoms with van der Waals surface area (Å²) in [6.07, 6.45) is 3.65. The number of nitrogens with one attached hydrogen (secondary N) is 1. The molecule has 0 bridgehead atoms. The van der Waals surface area contributed by atoms with Gasteiger partial charge in [0.2, 0.25) is 11.8 Å². The van der Waals surface area contributed by atoms with Crippen LogP contribution in [0.1, 0.15) is 108 Å². The maximum atomic E-state index is 14.1. The molecule has 0 aromatic carbocycles. The Labute approximate surface area is 272 Å². The quantitative estimate of drug-likeness (QED) is 0.266. The molecule has 2 saturated heterocycles. The molecule has 0 aliphatic carbocycles. The second kappa shape index (κ2) is 16.1. The number of esters is 1. The minimum atomic E-state index is -0.756. The molecule has 45 heavy (non-hydrogen) atoms. The zero-order valence-electron chi connectivity index (χ0n) is 28.4. The number of carbonyl (C=O) groups is 5. The number of amides is 3. The highest BCUT2D eigenvalue weighted by Gasteiger charge is 2.43. The lowest BCUT2D eigenvalue weighted by Crippen LogP contribution is -2.50. The van der Waals surface area contributed by atoms with Crippen LogP contribution in [0, 0.1) is 17.8 Å². The summed E-state index contributed by atoms with van der Waals surface area (Å²) in [6, 6.07) is -0.313. The Kier molecular flexibility index (Phi) is 13.1. The summed E-state index contributed by atoms with van der Waals surface area (Å²) in [5, 5.41) is 4.93. The molecule has 0 radical (unpaired) electrons. The molecule has 3 amide bonds. The van der Waals surface area contributed by atoms with Crippen LogP contribution in [0.15, 0.2) is 5.38 Å². The van der Waals surface area contributed by atoms with Gasteiger partial charge in [0, 0.05) is 70.2 Å². The Balaban J connectivity index is 1.74. The summed E-state index contributed by atoms with van der Waals surface area (Å²) in [6.45, 7) is 13.8. The molecule has 3 heterocycles. The van der Waals surface area contributed by atoms with E-state index >= 15 is 0 Å². The smallest absolute Gasteiger partial charge is 0.303 e. The molecule has 3 rings (SSSR count). The fourth-order valence-corrected chi connectivity index (χ4v) is 7.32. The van der Waals surface area contributed by atoms with Gasteiger partial charge >= 0.3 is 5.97 Å². The van der Waals surface area contributed by atoms with Crippen LogP contribution in [0.3, 0.4) is 0 Å². The standard InChI is InChI=1S/C33H53N5O6S/c1-9-22(4)24(18-28(40)33(6)13-11-15-36(33)7)32(43)37(8)26(21(2)3)19-27(44-23(5)39)31-35-25(20-45-31)30(42)34-14-17-38-16-10-12-29(38)41/h20-22,24,26-27H,9-19H2,1-8H3,(H,34,42)/t22-,24-,26+,27+,33+/m0/s1. The summed E-state index contributed by atoms with van der Waals surface area (Å²) >= 11 is 1.23. The third-order valence-corrected chi connectivity index (χ3v) is 10.8. The maximum absolute atomic E-state index is 14.1. The summed E-state index contributed by atoms with van der Waals surface area (Å²) in [7, 11) is 3.75. The largest absolute Gasteiger partial charge is 0.455 e. The predicted molar refractivity (Wildman–Crippen MR) is 174 cm³/mol. The fourth-order valence-electron chi connectivity index (χ4n) is 6.48. The van der Waals surface area contributed by atoms with E-state index in [0.717, 1.165) is 32.2 Å². The van der Waals surface area contributed by atoms with Gasteiger partial charge in [0.05, 0.1) is 5.54 Å². The maximum Gasteiger partial charge on any atom is 0.303 e. The van der Waals surface area contributed by atoms with E-state index in [1.807, 2.05) is 41.7 Å². The summed E-state index contributed by atoms with van der Waals surface area (Å²) in [4.78, 5) is 74.7. The first-order valence-corrected chi connectivity index (χ1v) is 17.3. The molecule has 11 nitrogen and oxygen atoms in total. The van der Waals surface area contributed by atoms with Gasteiger partial charge < -0.3 is 19.9 Å². The van der Waals surface area contributed by atoms with Crippen molar-refractivity contribution in [3.8, 4) is 0 Å². The van der Waals surface area contributed by atoms with Gasteiger partial charge in [-0.05, 0) is 51.6 Å². The monoisotopic (exact) mass is 647 g/mol. The van der Waals surface area contributed by atoms with Crippen molar-refractivity contribution in [2.45, 2.75) is 104 Å². The van der Waals surface area contributed by atoms with Crippen molar-refractivity contribution in [2.75, 3.05) is 40.3 Å². The average molecular weight is 648 g/mol. The highest BCUT2D eigenvalue weighted by atomic mass is 32.1. The Morgan fingerprint density at radius 3 is 2.44 bits per heavy atom. The minimum absolute atomic E-state index is 0.0137. The number of likely N-dealkylation sites (tertiary alicyclic amines) is 2. The van der Waals surface area contributed by atoms with E-state index < -0.39 is 23.5 Å². The van der Waals surface area contributed by atoms with Crippen LogP contribution in [0.25, 0.3) is 0 Å². The zero-order chi connectivity index (χ0) is 33.5. The predicted octanol–water partition coefficient (Wildman–Crippen LogP) is 4.08. The van der Waals surface area contributed by atoms with Gasteiger partial charge in [0.25, 0.3) is 5.91 Å². The fraction of sp³-hybridized carbons (Fsp3) is 0.758. The molecule has 252 valence electrons. The lowest BCUT2D eigenvalue weighted by atomic mass is 9.80. The normalized spacial score (nSPS) is 21.4. The number of aromatic nitrogens is 1. The van der Waals surface area contributed by atoms with E-state index in [1.165, 1.54) is 18.3 Å². The summed E-state index contributed by atoms with van der Waals surface area (Å²) in [5.41, 5.74) is -0.339. The first kappa shape index (κ1) is 36.6. The second-order valence-electron chi connectivity index (χ2n) is 13.3. The van der Waals surface area contributed by atoms with Crippen molar-refractivity contribution in [2.24, 2.45) is 17.8 Å². The van der Waals surface area contributed by atoms with Crippen molar-refractivity contribution in [1.29, 1.82) is 0 Å². The van der Waals surface area contributed by atoms with Gasteiger partial charge in [-0.25, -0.2) is 4.98 Å². The highest BCUT2D eigenvalue weighted by Crippen LogP contribution is 2.35. The van der Waals surface area contributed by atoms with Gasteiger partial charge in [-0.3, -0.25) is 28.9 Å². The Morgan fingerprint density at radius 1 is 1.18 bits per heavy atom. The minimum Gasteiger partial charge on any atom is -0.455 e. The van der Waals surface area contributed by atoms with Crippen LogP contribution >= 0.6 is 11.3 Å². The van der Waals surface area contributed by atoms with Gasteiger partial charge in [0.1, 0.15) is 10.7 Å². The number of ether oxygens (including phenoxy) is 1. The molecule has 2 fully saturated rings. The van der Waals surface area contributed by atoms with Crippen LogP contribution < -0.4 is 5.32 Å².